The van der Waals surface area contributed by atoms with E-state index in [-0.39, 0.29) is 6.54 Å². The maximum absolute atomic E-state index is 11.9. The largest absolute Gasteiger partial charge is 0.389 e. The van der Waals surface area contributed by atoms with E-state index in [2.05, 4.69) is 5.32 Å². The number of aryl methyl sites for hydroxylation is 2. The van der Waals surface area contributed by atoms with Gasteiger partial charge in [0, 0.05) is 11.3 Å². The van der Waals surface area contributed by atoms with Gasteiger partial charge in [0.15, 0.2) is 5.78 Å². The molecule has 3 nitrogen and oxygen atoms in total. The van der Waals surface area contributed by atoms with Crippen molar-refractivity contribution in [1.82, 2.24) is 5.32 Å². The zero-order chi connectivity index (χ0) is 14.6. The van der Waals surface area contributed by atoms with Crippen LogP contribution in [0.5, 0.6) is 0 Å². The van der Waals surface area contributed by atoms with E-state index in [9.17, 15) is 22.8 Å². The lowest BCUT2D eigenvalue weighted by atomic mass is 10.2. The van der Waals surface area contributed by atoms with Gasteiger partial charge in [-0.3, -0.25) is 9.59 Å². The molecule has 1 N–H and O–H groups in total. The number of halogens is 3. The summed E-state index contributed by atoms with van der Waals surface area (Å²) in [5.74, 6) is -1.05. The van der Waals surface area contributed by atoms with Gasteiger partial charge < -0.3 is 5.32 Å². The first kappa shape index (κ1) is 15.7. The van der Waals surface area contributed by atoms with Gasteiger partial charge in [0.25, 0.3) is 5.91 Å². The number of alkyl halides is 3. The van der Waals surface area contributed by atoms with Gasteiger partial charge in [0.2, 0.25) is 0 Å². The third-order valence-electron chi connectivity index (χ3n) is 2.38. The summed E-state index contributed by atoms with van der Waals surface area (Å²) in [6.45, 7) is 3.25. The van der Waals surface area contributed by atoms with Crippen molar-refractivity contribution in [1.29, 1.82) is 0 Å². The molecule has 19 heavy (non-hydrogen) atoms. The number of thiophene rings is 1. The molecular formula is C12H14F3NO2S. The van der Waals surface area contributed by atoms with Crippen LogP contribution in [0, 0.1) is 13.8 Å². The minimum Gasteiger partial charge on any atom is -0.344 e. The van der Waals surface area contributed by atoms with Crippen LogP contribution in [0.2, 0.25) is 0 Å². The third kappa shape index (κ3) is 5.42. The molecule has 0 atom stereocenters. The first-order valence-corrected chi connectivity index (χ1v) is 6.44. The van der Waals surface area contributed by atoms with E-state index in [1.807, 2.05) is 13.0 Å². The summed E-state index contributed by atoms with van der Waals surface area (Å²) in [6.07, 6.45) is -6.10. The van der Waals surface area contributed by atoms with Crippen LogP contribution in [-0.2, 0) is 4.79 Å². The third-order valence-corrected chi connectivity index (χ3v) is 3.53. The Bertz CT molecular complexity index is 480. The predicted octanol–water partition coefficient (Wildman–Crippen LogP) is 3.01. The van der Waals surface area contributed by atoms with E-state index < -0.39 is 30.7 Å². The molecule has 0 saturated carbocycles. The van der Waals surface area contributed by atoms with Gasteiger partial charge in [0.05, 0.1) is 17.8 Å². The van der Waals surface area contributed by atoms with Crippen LogP contribution in [-0.4, -0.2) is 24.4 Å². The predicted molar refractivity (Wildman–Crippen MR) is 66.4 cm³/mol. The normalized spacial score (nSPS) is 11.4. The van der Waals surface area contributed by atoms with E-state index in [0.29, 0.717) is 4.88 Å². The van der Waals surface area contributed by atoms with Gasteiger partial charge in [-0.15, -0.1) is 11.3 Å². The maximum atomic E-state index is 11.9. The van der Waals surface area contributed by atoms with Gasteiger partial charge >= 0.3 is 6.18 Å². The monoisotopic (exact) mass is 293 g/mol. The molecule has 0 aliphatic carbocycles. The number of Topliss-reactive ketones (excluding diaryl/α,β-unsaturated/α-hetero) is 1. The van der Waals surface area contributed by atoms with E-state index in [0.717, 1.165) is 10.4 Å². The molecule has 1 aromatic heterocycles. The fraction of sp³-hybridized carbons (Fsp3) is 0.500. The summed E-state index contributed by atoms with van der Waals surface area (Å²) >= 11 is 1.29. The number of amides is 1. The number of hydrogen-bond donors (Lipinski definition) is 1. The summed E-state index contributed by atoms with van der Waals surface area (Å²) in [4.78, 5) is 24.4. The van der Waals surface area contributed by atoms with Crippen LogP contribution in [0.3, 0.4) is 0 Å². The number of ketones is 1. The van der Waals surface area contributed by atoms with Gasteiger partial charge in [-0.05, 0) is 25.5 Å². The molecule has 1 heterocycles. The fourth-order valence-corrected chi connectivity index (χ4v) is 2.44. The smallest absolute Gasteiger partial charge is 0.344 e. The second-order valence-electron chi connectivity index (χ2n) is 4.21. The molecule has 0 spiro atoms. The van der Waals surface area contributed by atoms with Crippen molar-refractivity contribution >= 4 is 23.0 Å². The van der Waals surface area contributed by atoms with Gasteiger partial charge in [-0.2, -0.15) is 13.2 Å². The molecule has 106 valence electrons. The molecule has 0 fully saturated rings. The van der Waals surface area contributed by atoms with Crippen molar-refractivity contribution in [2.75, 3.05) is 6.54 Å². The Kier molecular flexibility index (Phi) is 5.11. The minimum absolute atomic E-state index is 0.370. The highest BCUT2D eigenvalue weighted by Gasteiger charge is 2.27. The quantitative estimate of drug-likeness (QED) is 0.907. The average Bonchev–Trinajstić information content (AvgIpc) is 2.61. The van der Waals surface area contributed by atoms with Crippen LogP contribution in [0.15, 0.2) is 6.07 Å². The SMILES string of the molecule is Cc1cc(C)c(C(=O)NCC(=O)CCC(F)(F)F)s1. The van der Waals surface area contributed by atoms with Crippen molar-refractivity contribution < 1.29 is 22.8 Å². The molecule has 1 rings (SSSR count). The van der Waals surface area contributed by atoms with Crippen molar-refractivity contribution in [2.45, 2.75) is 32.9 Å². The van der Waals surface area contributed by atoms with Crippen molar-refractivity contribution in [2.24, 2.45) is 0 Å². The highest BCUT2D eigenvalue weighted by molar-refractivity contribution is 7.14. The van der Waals surface area contributed by atoms with Crippen molar-refractivity contribution in [3.05, 3.63) is 21.4 Å². The lowest BCUT2D eigenvalue weighted by Gasteiger charge is -2.06. The molecule has 0 aromatic carbocycles. The van der Waals surface area contributed by atoms with E-state index >= 15 is 0 Å². The topological polar surface area (TPSA) is 46.2 Å². The molecule has 0 aliphatic rings. The standard InChI is InChI=1S/C12H14F3NO2S/c1-7-5-8(2)19-10(7)11(18)16-6-9(17)3-4-12(13,14)15/h5H,3-4,6H2,1-2H3,(H,16,18). The Morgan fingerprint density at radius 1 is 1.32 bits per heavy atom. The van der Waals surface area contributed by atoms with Crippen LogP contribution >= 0.6 is 11.3 Å². The lowest BCUT2D eigenvalue weighted by molar-refractivity contribution is -0.142. The zero-order valence-electron chi connectivity index (χ0n) is 10.6. The summed E-state index contributed by atoms with van der Waals surface area (Å²) in [5.41, 5.74) is 0.794. The van der Waals surface area contributed by atoms with Crippen molar-refractivity contribution in [3.8, 4) is 0 Å². The van der Waals surface area contributed by atoms with Crippen molar-refractivity contribution in [3.63, 3.8) is 0 Å². The minimum atomic E-state index is -4.35. The Labute approximate surface area is 112 Å². The fourth-order valence-electron chi connectivity index (χ4n) is 1.50. The van der Waals surface area contributed by atoms with Crippen LogP contribution < -0.4 is 5.32 Å². The molecule has 0 radical (unpaired) electrons. The number of hydrogen-bond acceptors (Lipinski definition) is 3. The van der Waals surface area contributed by atoms with Crippen LogP contribution in [0.4, 0.5) is 13.2 Å². The summed E-state index contributed by atoms with van der Waals surface area (Å²) in [5, 5.41) is 2.34. The van der Waals surface area contributed by atoms with Gasteiger partial charge in [-0.1, -0.05) is 0 Å². The molecule has 0 bridgehead atoms. The second kappa shape index (κ2) is 6.18. The van der Waals surface area contributed by atoms with E-state index in [1.54, 1.807) is 6.92 Å². The zero-order valence-corrected chi connectivity index (χ0v) is 11.4. The number of carbonyl (C=O) groups is 2. The molecule has 1 amide bonds. The molecule has 1 aromatic rings. The summed E-state index contributed by atoms with van der Waals surface area (Å²) < 4.78 is 35.7. The van der Waals surface area contributed by atoms with E-state index in [1.165, 1.54) is 11.3 Å². The molecular weight excluding hydrogens is 279 g/mol. The number of carbonyl (C=O) groups excluding carboxylic acids is 2. The summed E-state index contributed by atoms with van der Waals surface area (Å²) in [7, 11) is 0. The molecule has 0 saturated heterocycles. The molecule has 7 heteroatoms. The van der Waals surface area contributed by atoms with Gasteiger partial charge in [-0.25, -0.2) is 0 Å². The lowest BCUT2D eigenvalue weighted by Crippen LogP contribution is -2.29. The summed E-state index contributed by atoms with van der Waals surface area (Å²) in [6, 6.07) is 1.84. The van der Waals surface area contributed by atoms with Crippen LogP contribution in [0.25, 0.3) is 0 Å². The first-order chi connectivity index (χ1) is 8.69. The Morgan fingerprint density at radius 2 is 1.95 bits per heavy atom. The van der Waals surface area contributed by atoms with Crippen LogP contribution in [0.1, 0.15) is 33.0 Å². The molecule has 0 aliphatic heterocycles. The van der Waals surface area contributed by atoms with Gasteiger partial charge in [0.1, 0.15) is 0 Å². The van der Waals surface area contributed by atoms with E-state index in [4.69, 9.17) is 0 Å². The Balaban J connectivity index is 2.42. The second-order valence-corrected chi connectivity index (χ2v) is 5.46. The maximum Gasteiger partial charge on any atom is 0.389 e. The Hall–Kier alpha value is -1.37. The Morgan fingerprint density at radius 3 is 2.42 bits per heavy atom. The highest BCUT2D eigenvalue weighted by atomic mass is 32.1. The molecule has 0 unspecified atom stereocenters. The number of rotatable bonds is 5. The number of nitrogens with one attached hydrogen (secondary N) is 1. The first-order valence-electron chi connectivity index (χ1n) is 5.63. The highest BCUT2D eigenvalue weighted by Crippen LogP contribution is 2.22. The average molecular weight is 293 g/mol.